The molecule has 1 aromatic carbocycles. The van der Waals surface area contributed by atoms with E-state index in [1.54, 1.807) is 11.8 Å². The van der Waals surface area contributed by atoms with Gasteiger partial charge in [-0.3, -0.25) is 4.79 Å². The van der Waals surface area contributed by atoms with E-state index in [0.29, 0.717) is 12.3 Å². The first-order valence-corrected chi connectivity index (χ1v) is 9.21. The van der Waals surface area contributed by atoms with Gasteiger partial charge >= 0.3 is 0 Å². The first kappa shape index (κ1) is 18.4. The molecule has 3 rings (SSSR count). The van der Waals surface area contributed by atoms with Crippen LogP contribution in [0, 0.1) is 5.92 Å². The summed E-state index contributed by atoms with van der Waals surface area (Å²) in [5, 5.41) is 12.5. The third-order valence-electron chi connectivity index (χ3n) is 5.60. The molecule has 2 aromatic rings. The summed E-state index contributed by atoms with van der Waals surface area (Å²) in [4.78, 5) is 14.4. The predicted molar refractivity (Wildman–Crippen MR) is 98.1 cm³/mol. The standard InChI is InChI=1S/C19H27N5O2/c1-5-17(25)23(3)19(11-9-14(2)10-12-19)18-20-21-22-24(18)15-7-6-8-16(13-15)26-4/h6-8,13-14H,5,9-12H2,1-4H3. The van der Waals surface area contributed by atoms with Gasteiger partial charge < -0.3 is 9.64 Å². The van der Waals surface area contributed by atoms with Crippen LogP contribution in [0.3, 0.4) is 0 Å². The van der Waals surface area contributed by atoms with Crippen molar-refractivity contribution in [2.24, 2.45) is 5.92 Å². The van der Waals surface area contributed by atoms with E-state index in [0.717, 1.165) is 42.9 Å². The normalized spacial score (nSPS) is 22.8. The molecule has 1 fully saturated rings. The van der Waals surface area contributed by atoms with E-state index in [1.165, 1.54) is 0 Å². The number of rotatable bonds is 5. The first-order valence-electron chi connectivity index (χ1n) is 9.21. The van der Waals surface area contributed by atoms with Gasteiger partial charge in [0.05, 0.1) is 12.8 Å². The van der Waals surface area contributed by atoms with Gasteiger partial charge in [0.25, 0.3) is 0 Å². The molecule has 0 N–H and O–H groups in total. The van der Waals surface area contributed by atoms with Crippen LogP contribution in [0.5, 0.6) is 5.75 Å². The second-order valence-electron chi connectivity index (χ2n) is 7.14. The summed E-state index contributed by atoms with van der Waals surface area (Å²) in [6.07, 6.45) is 4.29. The Hall–Kier alpha value is -2.44. The van der Waals surface area contributed by atoms with E-state index in [1.807, 2.05) is 43.1 Å². The molecule has 7 nitrogen and oxygen atoms in total. The smallest absolute Gasteiger partial charge is 0.222 e. The molecule has 0 saturated heterocycles. The molecule has 7 heteroatoms. The van der Waals surface area contributed by atoms with Crippen LogP contribution in [-0.2, 0) is 10.3 Å². The van der Waals surface area contributed by atoms with Gasteiger partial charge in [0.2, 0.25) is 5.91 Å². The fourth-order valence-corrected chi connectivity index (χ4v) is 3.82. The Morgan fingerprint density at radius 3 is 2.77 bits per heavy atom. The fourth-order valence-electron chi connectivity index (χ4n) is 3.82. The molecule has 1 aliphatic carbocycles. The Labute approximate surface area is 154 Å². The van der Waals surface area contributed by atoms with Gasteiger partial charge in [-0.1, -0.05) is 19.9 Å². The molecule has 0 aliphatic heterocycles. The average molecular weight is 357 g/mol. The minimum absolute atomic E-state index is 0.111. The SMILES string of the molecule is CCC(=O)N(C)C1(c2nnnn2-c2cccc(OC)c2)CCC(C)CC1. The van der Waals surface area contributed by atoms with Gasteiger partial charge in [-0.05, 0) is 54.2 Å². The quantitative estimate of drug-likeness (QED) is 0.822. The molecule has 0 bridgehead atoms. The number of amides is 1. The molecule has 1 aliphatic rings. The molecule has 0 spiro atoms. The Balaban J connectivity index is 2.08. The minimum atomic E-state index is -0.480. The maximum absolute atomic E-state index is 12.6. The van der Waals surface area contributed by atoms with E-state index in [2.05, 4.69) is 22.4 Å². The highest BCUT2D eigenvalue weighted by Gasteiger charge is 2.45. The van der Waals surface area contributed by atoms with Gasteiger partial charge in [-0.25, -0.2) is 0 Å². The van der Waals surface area contributed by atoms with Gasteiger partial charge in [0, 0.05) is 19.5 Å². The second kappa shape index (κ2) is 7.43. The monoisotopic (exact) mass is 357 g/mol. The minimum Gasteiger partial charge on any atom is -0.497 e. The maximum atomic E-state index is 12.6. The summed E-state index contributed by atoms with van der Waals surface area (Å²) in [5.74, 6) is 2.23. The lowest BCUT2D eigenvalue weighted by atomic mass is 9.75. The highest BCUT2D eigenvalue weighted by molar-refractivity contribution is 5.76. The van der Waals surface area contributed by atoms with Crippen LogP contribution in [-0.4, -0.2) is 45.2 Å². The molecule has 26 heavy (non-hydrogen) atoms. The lowest BCUT2D eigenvalue weighted by molar-refractivity contribution is -0.138. The Kier molecular flexibility index (Phi) is 5.25. The predicted octanol–water partition coefficient (Wildman–Crippen LogP) is 2.94. The van der Waals surface area contributed by atoms with E-state index in [9.17, 15) is 4.79 Å². The number of aromatic nitrogens is 4. The average Bonchev–Trinajstić information content (AvgIpc) is 3.18. The van der Waals surface area contributed by atoms with Gasteiger partial charge in [0.15, 0.2) is 5.82 Å². The third-order valence-corrected chi connectivity index (χ3v) is 5.60. The molecule has 1 saturated carbocycles. The van der Waals surface area contributed by atoms with Gasteiger partial charge in [-0.15, -0.1) is 5.10 Å². The highest BCUT2D eigenvalue weighted by atomic mass is 16.5. The largest absolute Gasteiger partial charge is 0.497 e. The molecular formula is C19H27N5O2. The summed E-state index contributed by atoms with van der Waals surface area (Å²) >= 11 is 0. The number of carbonyl (C=O) groups excluding carboxylic acids is 1. The topological polar surface area (TPSA) is 73.1 Å². The summed E-state index contributed by atoms with van der Waals surface area (Å²) in [6.45, 7) is 4.15. The zero-order valence-electron chi connectivity index (χ0n) is 16.0. The van der Waals surface area contributed by atoms with Crippen molar-refractivity contribution >= 4 is 5.91 Å². The Morgan fingerprint density at radius 2 is 2.12 bits per heavy atom. The molecule has 1 amide bonds. The first-order chi connectivity index (χ1) is 12.5. The molecule has 0 radical (unpaired) electrons. The van der Waals surface area contributed by atoms with E-state index >= 15 is 0 Å². The maximum Gasteiger partial charge on any atom is 0.222 e. The number of ether oxygens (including phenoxy) is 1. The summed E-state index contributed by atoms with van der Waals surface area (Å²) in [5.41, 5.74) is 0.353. The van der Waals surface area contributed by atoms with E-state index < -0.39 is 5.54 Å². The van der Waals surface area contributed by atoms with E-state index in [4.69, 9.17) is 4.74 Å². The van der Waals surface area contributed by atoms with E-state index in [-0.39, 0.29) is 5.91 Å². The number of carbonyl (C=O) groups is 1. The number of tetrazole rings is 1. The van der Waals surface area contributed by atoms with Crippen molar-refractivity contribution in [3.8, 4) is 11.4 Å². The molecule has 140 valence electrons. The van der Waals surface area contributed by atoms with Crippen LogP contribution in [0.15, 0.2) is 24.3 Å². The number of methoxy groups -OCH3 is 1. The number of nitrogens with zero attached hydrogens (tertiary/aromatic N) is 5. The van der Waals surface area contributed by atoms with Crippen LogP contribution < -0.4 is 4.74 Å². The summed E-state index contributed by atoms with van der Waals surface area (Å²) in [6, 6.07) is 7.65. The molecule has 1 heterocycles. The number of hydrogen-bond donors (Lipinski definition) is 0. The lowest BCUT2D eigenvalue weighted by Gasteiger charge is -2.44. The molecule has 0 unspecified atom stereocenters. The van der Waals surface area contributed by atoms with Gasteiger partial charge in [-0.2, -0.15) is 4.68 Å². The van der Waals surface area contributed by atoms with Crippen LogP contribution in [0.2, 0.25) is 0 Å². The van der Waals surface area contributed by atoms with Crippen molar-refractivity contribution < 1.29 is 9.53 Å². The second-order valence-corrected chi connectivity index (χ2v) is 7.14. The van der Waals surface area contributed by atoms with Crippen LogP contribution in [0.25, 0.3) is 5.69 Å². The number of hydrogen-bond acceptors (Lipinski definition) is 5. The molecular weight excluding hydrogens is 330 g/mol. The fraction of sp³-hybridized carbons (Fsp3) is 0.579. The molecule has 1 aromatic heterocycles. The third kappa shape index (κ3) is 3.18. The summed E-state index contributed by atoms with van der Waals surface area (Å²) in [7, 11) is 3.52. The number of benzene rings is 1. The van der Waals surface area contributed by atoms with Crippen molar-refractivity contribution in [3.63, 3.8) is 0 Å². The van der Waals surface area contributed by atoms with Crippen molar-refractivity contribution in [1.29, 1.82) is 0 Å². The van der Waals surface area contributed by atoms with Crippen molar-refractivity contribution in [3.05, 3.63) is 30.1 Å². The van der Waals surface area contributed by atoms with Crippen LogP contribution in [0.4, 0.5) is 0 Å². The zero-order chi connectivity index (χ0) is 18.7. The Morgan fingerprint density at radius 1 is 1.38 bits per heavy atom. The highest BCUT2D eigenvalue weighted by Crippen LogP contribution is 2.43. The lowest BCUT2D eigenvalue weighted by Crippen LogP contribution is -2.50. The van der Waals surface area contributed by atoms with Crippen molar-refractivity contribution in [2.75, 3.05) is 14.2 Å². The van der Waals surface area contributed by atoms with Gasteiger partial charge in [0.1, 0.15) is 11.3 Å². The van der Waals surface area contributed by atoms with Crippen molar-refractivity contribution in [1.82, 2.24) is 25.1 Å². The molecule has 0 atom stereocenters. The zero-order valence-corrected chi connectivity index (χ0v) is 16.0. The van der Waals surface area contributed by atoms with Crippen LogP contribution in [0.1, 0.15) is 51.8 Å². The summed E-state index contributed by atoms with van der Waals surface area (Å²) < 4.78 is 7.08. The van der Waals surface area contributed by atoms with Crippen molar-refractivity contribution in [2.45, 2.75) is 51.5 Å². The Bertz CT molecular complexity index is 765. The van der Waals surface area contributed by atoms with Crippen LogP contribution >= 0.6 is 0 Å².